The molecule has 2 rings (SSSR count). The molecular weight excluding hydrogens is 1170 g/mol. The second-order valence-electron chi connectivity index (χ2n) is 24.6. The molecule has 0 radical (unpaired) electrons. The zero-order valence-electron chi connectivity index (χ0n) is 52.5. The SMILES string of the molecule is CC(C)C[C@H](NC(=O)[C@@H](N)CCC(=O)O)C(=O)C[C@@H](CC(=O)O)C(=O)N[C@@H](CC(C)C)[C@@H](O)C[C@@H](C)C(=O)N[C@H](C(=O)C[C@@H](Cc1ccccc1)C(=O)N[C@@H](Cc1ccccc1)C(=O)C[C@@H](C)C(=O)N[C@@H](CCC(=O)O)C(=O)C[C@@H](CC(=O)O)C(=O)O)C(C)C. The first-order valence-corrected chi connectivity index (χ1v) is 30.3. The molecule has 0 unspecified atom stereocenters. The maximum atomic E-state index is 14.6. The van der Waals surface area contributed by atoms with Gasteiger partial charge in [-0.1, -0.05) is 116 Å². The molecule has 2 aromatic carbocycles. The number of benzene rings is 2. The molecule has 0 fully saturated rings. The molecule has 0 saturated heterocycles. The summed E-state index contributed by atoms with van der Waals surface area (Å²) in [6.45, 7) is 13.3. The highest BCUT2D eigenvalue weighted by Crippen LogP contribution is 2.23. The molecule has 0 saturated carbocycles. The topological polar surface area (TPSA) is 447 Å². The Morgan fingerprint density at radius 2 is 0.856 bits per heavy atom. The zero-order chi connectivity index (χ0) is 68.1. The average molecular weight is 1270 g/mol. The second-order valence-corrected chi connectivity index (χ2v) is 24.6. The van der Waals surface area contributed by atoms with Crippen LogP contribution in [0.25, 0.3) is 0 Å². The number of rotatable bonds is 45. The number of nitrogens with one attached hydrogen (secondary N) is 5. The van der Waals surface area contributed by atoms with Crippen LogP contribution in [0.1, 0.15) is 150 Å². The van der Waals surface area contributed by atoms with Crippen LogP contribution in [-0.2, 0) is 80.0 Å². The smallest absolute Gasteiger partial charge is 0.307 e. The van der Waals surface area contributed by atoms with Crippen LogP contribution in [0.15, 0.2) is 60.7 Å². The fourth-order valence-corrected chi connectivity index (χ4v) is 10.1. The molecule has 0 bridgehead atoms. The number of Topliss-reactive ketones (excluding diaryl/α,β-unsaturated/α-hetero) is 4. The van der Waals surface area contributed by atoms with Crippen molar-refractivity contribution in [2.75, 3.05) is 0 Å². The molecule has 0 aromatic heterocycles. The van der Waals surface area contributed by atoms with Crippen molar-refractivity contribution in [3.63, 3.8) is 0 Å². The Morgan fingerprint density at radius 1 is 0.411 bits per heavy atom. The molecule has 0 aliphatic heterocycles. The van der Waals surface area contributed by atoms with Crippen molar-refractivity contribution in [3.05, 3.63) is 71.8 Å². The molecular formula is C64H92N6O20. The third-order valence-electron chi connectivity index (χ3n) is 15.2. The lowest BCUT2D eigenvalue weighted by Crippen LogP contribution is -2.51. The molecule has 0 aliphatic rings. The molecule has 12 atom stereocenters. The number of carboxylic acid groups (broad SMARTS) is 5. The molecule has 13 N–H and O–H groups in total. The van der Waals surface area contributed by atoms with E-state index < -0.39 is 218 Å². The average Bonchev–Trinajstić information content (AvgIpc) is 1.90. The number of amides is 5. The fourth-order valence-electron chi connectivity index (χ4n) is 10.1. The van der Waals surface area contributed by atoms with Crippen LogP contribution >= 0.6 is 0 Å². The number of hydrogen-bond donors (Lipinski definition) is 12. The molecule has 26 nitrogen and oxygen atoms in total. The quantitative estimate of drug-likeness (QED) is 0.0452. The van der Waals surface area contributed by atoms with Gasteiger partial charge in [-0.2, -0.15) is 0 Å². The highest BCUT2D eigenvalue weighted by molar-refractivity contribution is 5.98. The van der Waals surface area contributed by atoms with E-state index in [1.807, 2.05) is 0 Å². The van der Waals surface area contributed by atoms with Crippen LogP contribution in [0.3, 0.4) is 0 Å². The first-order chi connectivity index (χ1) is 42.1. The maximum absolute atomic E-state index is 14.6. The minimum Gasteiger partial charge on any atom is -0.481 e. The minimum absolute atomic E-state index is 0.0177. The van der Waals surface area contributed by atoms with Gasteiger partial charge in [0.15, 0.2) is 23.1 Å². The predicted molar refractivity (Wildman–Crippen MR) is 325 cm³/mol. The van der Waals surface area contributed by atoms with E-state index in [2.05, 4.69) is 26.6 Å². The molecule has 5 amide bonds. The van der Waals surface area contributed by atoms with Crippen molar-refractivity contribution in [1.82, 2.24) is 26.6 Å². The molecule has 26 heteroatoms. The number of carboxylic acids is 5. The normalized spacial score (nSPS) is 15.4. The van der Waals surface area contributed by atoms with Crippen molar-refractivity contribution >= 4 is 82.5 Å². The van der Waals surface area contributed by atoms with Crippen LogP contribution in [0.2, 0.25) is 0 Å². The van der Waals surface area contributed by atoms with Crippen molar-refractivity contribution in [3.8, 4) is 0 Å². The summed E-state index contributed by atoms with van der Waals surface area (Å²) < 4.78 is 0. The highest BCUT2D eigenvalue weighted by atomic mass is 16.4. The van der Waals surface area contributed by atoms with E-state index in [1.54, 1.807) is 102 Å². The second kappa shape index (κ2) is 39.0. The fraction of sp³-hybridized carbons (Fsp3) is 0.594. The Balaban J connectivity index is 2.40. The van der Waals surface area contributed by atoms with Gasteiger partial charge < -0.3 is 63.0 Å². The number of aliphatic hydroxyl groups is 1. The van der Waals surface area contributed by atoms with E-state index in [-0.39, 0.29) is 50.4 Å². The number of carbonyl (C=O) groups excluding carboxylic acids is 9. The van der Waals surface area contributed by atoms with Gasteiger partial charge in [0.05, 0.1) is 67.0 Å². The standard InChI is InChI=1S/C64H92N6O20/c1-34(2)23-46(67-62(87)42(32-56(80)81)29-52(74)47(24-35(3)4)69-63(88)44(65)19-21-54(76)77)49(71)26-38(8)60(85)70-58(36(5)6)53(75)30-41(27-39-15-11-9-12-16-39)61(86)68-48(28-40-17-13-10-14-18-40)50(72)25-37(7)59(84)66-45(20-22-55(78)79)51(73)31-43(64(89)90)33-57(82)83/h9-18,34-38,41-49,58,71H,19-33,65H2,1-8H3,(H,66,84)(H,67,87)(H,68,86)(H,69,88)(H,70,85)(H,76,77)(H,78,79)(H,80,81)(H,82,83)(H,89,90)/t37-,38-,41-,42+,43+,44+,45+,46+,47+,48+,49+,58+/m1/s1. The summed E-state index contributed by atoms with van der Waals surface area (Å²) >= 11 is 0. The first-order valence-electron chi connectivity index (χ1n) is 30.3. The van der Waals surface area contributed by atoms with E-state index in [4.69, 9.17) is 10.8 Å². The monoisotopic (exact) mass is 1260 g/mol. The van der Waals surface area contributed by atoms with Crippen molar-refractivity contribution in [2.24, 2.45) is 53.1 Å². The number of ketones is 4. The highest BCUT2D eigenvalue weighted by Gasteiger charge is 2.38. The summed E-state index contributed by atoms with van der Waals surface area (Å²) in [5, 5.41) is 71.8. The number of aliphatic hydroxyl groups excluding tert-OH is 1. The van der Waals surface area contributed by atoms with Gasteiger partial charge in [-0.25, -0.2) is 0 Å². The number of hydrogen-bond acceptors (Lipinski definition) is 16. The number of nitrogens with two attached hydrogens (primary N) is 1. The Hall–Kier alpha value is -8.26. The summed E-state index contributed by atoms with van der Waals surface area (Å²) in [6, 6.07) is 9.56. The number of carbonyl (C=O) groups is 14. The van der Waals surface area contributed by atoms with E-state index in [9.17, 15) is 92.7 Å². The molecule has 90 heavy (non-hydrogen) atoms. The van der Waals surface area contributed by atoms with E-state index in [0.717, 1.165) is 0 Å². The van der Waals surface area contributed by atoms with E-state index >= 15 is 0 Å². The van der Waals surface area contributed by atoms with Crippen LogP contribution in [-0.4, -0.2) is 156 Å². The minimum atomic E-state index is -1.68. The van der Waals surface area contributed by atoms with Crippen molar-refractivity contribution in [2.45, 2.75) is 194 Å². The predicted octanol–water partition coefficient (Wildman–Crippen LogP) is 3.44. The third kappa shape index (κ3) is 29.4. The molecule has 0 aliphatic carbocycles. The number of aliphatic carboxylic acids is 5. The lowest BCUT2D eigenvalue weighted by molar-refractivity contribution is -0.149. The molecule has 0 heterocycles. The molecule has 2 aromatic rings. The van der Waals surface area contributed by atoms with Gasteiger partial charge >= 0.3 is 29.8 Å². The zero-order valence-corrected chi connectivity index (χ0v) is 52.5. The van der Waals surface area contributed by atoms with Crippen LogP contribution in [0.4, 0.5) is 0 Å². The van der Waals surface area contributed by atoms with Crippen molar-refractivity contribution in [1.29, 1.82) is 0 Å². The van der Waals surface area contributed by atoms with Gasteiger partial charge in [0, 0.05) is 56.3 Å². The lowest BCUT2D eigenvalue weighted by Gasteiger charge is -2.30. The largest absolute Gasteiger partial charge is 0.481 e. The Bertz CT molecular complexity index is 2790. The van der Waals surface area contributed by atoms with E-state index in [1.165, 1.54) is 13.8 Å². The van der Waals surface area contributed by atoms with Gasteiger partial charge in [0.2, 0.25) is 29.5 Å². The summed E-state index contributed by atoms with van der Waals surface area (Å²) in [4.78, 5) is 183. The van der Waals surface area contributed by atoms with Crippen LogP contribution in [0, 0.1) is 47.3 Å². The van der Waals surface area contributed by atoms with Crippen molar-refractivity contribution < 1.29 is 97.8 Å². The Labute approximate surface area is 524 Å². The van der Waals surface area contributed by atoms with Gasteiger partial charge in [-0.3, -0.25) is 67.1 Å². The molecule has 0 spiro atoms. The summed E-state index contributed by atoms with van der Waals surface area (Å²) in [6.07, 6.45) is -7.54. The van der Waals surface area contributed by atoms with Gasteiger partial charge in [-0.05, 0) is 73.8 Å². The van der Waals surface area contributed by atoms with Gasteiger partial charge in [0.25, 0.3) is 0 Å². The summed E-state index contributed by atoms with van der Waals surface area (Å²) in [5.41, 5.74) is 7.12. The van der Waals surface area contributed by atoms with E-state index in [0.29, 0.717) is 11.1 Å². The van der Waals surface area contributed by atoms with Gasteiger partial charge in [0.1, 0.15) is 0 Å². The summed E-state index contributed by atoms with van der Waals surface area (Å²) in [7, 11) is 0. The third-order valence-corrected chi connectivity index (χ3v) is 15.2. The Kier molecular flexibility index (Phi) is 33.7. The Morgan fingerprint density at radius 3 is 1.37 bits per heavy atom. The van der Waals surface area contributed by atoms with Crippen LogP contribution in [0.5, 0.6) is 0 Å². The first kappa shape index (κ1) is 77.8. The summed E-state index contributed by atoms with van der Waals surface area (Å²) in [5.74, 6) is -21.4. The van der Waals surface area contributed by atoms with Crippen LogP contribution < -0.4 is 32.3 Å². The molecule has 498 valence electrons. The maximum Gasteiger partial charge on any atom is 0.307 e. The lowest BCUT2D eigenvalue weighted by atomic mass is 9.87. The van der Waals surface area contributed by atoms with Gasteiger partial charge in [-0.15, -0.1) is 0 Å².